The third-order valence-corrected chi connectivity index (χ3v) is 13.5. The maximum atomic E-state index is 15.5. The number of carbonyl (C=O) groups is 3. The highest BCUT2D eigenvalue weighted by Gasteiger charge is 2.78. The number of hydrogen-bond donors (Lipinski definition) is 6. The van der Waals surface area contributed by atoms with Gasteiger partial charge in [-0.3, -0.25) is 19.2 Å². The lowest BCUT2D eigenvalue weighted by atomic mass is 9.62. The summed E-state index contributed by atoms with van der Waals surface area (Å²) < 4.78 is 31.2. The molecular formula is C44H55N3O14. The van der Waals surface area contributed by atoms with E-state index in [-0.39, 0.29) is 51.0 Å². The first-order valence-electron chi connectivity index (χ1n) is 21.4. The van der Waals surface area contributed by atoms with Crippen molar-refractivity contribution in [2.45, 2.75) is 118 Å². The summed E-state index contributed by atoms with van der Waals surface area (Å²) >= 11 is 0. The van der Waals surface area contributed by atoms with Gasteiger partial charge in [0.15, 0.2) is 18.1 Å². The van der Waals surface area contributed by atoms with Gasteiger partial charge in [-0.05, 0) is 42.4 Å². The van der Waals surface area contributed by atoms with Crippen LogP contribution >= 0.6 is 0 Å². The fraction of sp³-hybridized carbons (Fsp3) is 0.614. The van der Waals surface area contributed by atoms with Crippen LogP contribution in [0.3, 0.4) is 0 Å². The molecule has 4 saturated heterocycles. The van der Waals surface area contributed by atoms with Crippen molar-refractivity contribution in [3.05, 3.63) is 77.4 Å². The van der Waals surface area contributed by atoms with Crippen LogP contribution in [-0.2, 0) is 55.9 Å². The first-order chi connectivity index (χ1) is 29.5. The summed E-state index contributed by atoms with van der Waals surface area (Å²) in [5, 5.41) is 53.8. The highest BCUT2D eigenvalue weighted by atomic mass is 16.8. The number of ether oxygens (including phenoxy) is 5. The molecule has 12 atom stereocenters. The van der Waals surface area contributed by atoms with E-state index in [1.807, 2.05) is 54.6 Å². The van der Waals surface area contributed by atoms with E-state index in [1.165, 1.54) is 9.96 Å². The lowest BCUT2D eigenvalue weighted by Crippen LogP contribution is -2.70. The fourth-order valence-corrected chi connectivity index (χ4v) is 10.2. The Bertz CT molecular complexity index is 1950. The minimum absolute atomic E-state index is 0.00666. The van der Waals surface area contributed by atoms with Gasteiger partial charge in [-0.2, -0.15) is 5.06 Å². The highest BCUT2D eigenvalue weighted by Crippen LogP contribution is 2.64. The number of nitrogens with zero attached hydrogens (tertiary/aromatic N) is 2. The molecule has 61 heavy (non-hydrogen) atoms. The molecule has 2 aromatic rings. The summed E-state index contributed by atoms with van der Waals surface area (Å²) in [6, 6.07) is 14.6. The van der Waals surface area contributed by atoms with E-state index in [0.717, 1.165) is 42.4 Å². The number of aliphatic hydroxyl groups excluding tert-OH is 5. The summed E-state index contributed by atoms with van der Waals surface area (Å²) in [6.45, 7) is -0.785. The lowest BCUT2D eigenvalue weighted by molar-refractivity contribution is -0.298. The number of hydroxylamine groups is 2. The van der Waals surface area contributed by atoms with Crippen LogP contribution in [0.25, 0.3) is 6.08 Å². The molecule has 3 aliphatic carbocycles. The number of amides is 2. The van der Waals surface area contributed by atoms with Gasteiger partial charge in [0.25, 0.3) is 0 Å². The van der Waals surface area contributed by atoms with Gasteiger partial charge >= 0.3 is 5.97 Å². The Morgan fingerprint density at radius 3 is 2.39 bits per heavy atom. The number of fused-ring (bicyclic) bond motifs is 4. The summed E-state index contributed by atoms with van der Waals surface area (Å²) in [5.74, 6) is -1.94. The molecule has 4 heterocycles. The van der Waals surface area contributed by atoms with Crippen molar-refractivity contribution in [2.75, 3.05) is 33.4 Å². The lowest BCUT2D eigenvalue weighted by Gasteiger charge is -2.50. The smallest absolute Gasteiger partial charge is 0.327 e. The quantitative estimate of drug-likeness (QED) is 0.120. The Kier molecular flexibility index (Phi) is 11.8. The minimum atomic E-state index is -1.56. The first kappa shape index (κ1) is 42.5. The first-order valence-corrected chi connectivity index (χ1v) is 21.4. The third-order valence-electron chi connectivity index (χ3n) is 13.5. The Hall–Kier alpha value is -3.85. The Morgan fingerprint density at radius 1 is 0.967 bits per heavy atom. The van der Waals surface area contributed by atoms with E-state index >= 15 is 4.79 Å². The Labute approximate surface area is 353 Å². The zero-order valence-corrected chi connectivity index (χ0v) is 33.9. The average Bonchev–Trinajstić information content (AvgIpc) is 4.22. The molecule has 7 fully saturated rings. The van der Waals surface area contributed by atoms with Crippen LogP contribution < -0.4 is 5.32 Å². The molecule has 3 saturated carbocycles. The third kappa shape index (κ3) is 7.71. The summed E-state index contributed by atoms with van der Waals surface area (Å²) in [5.41, 5.74) is 0.827. The van der Waals surface area contributed by atoms with Crippen molar-refractivity contribution in [1.29, 1.82) is 0 Å². The zero-order valence-electron chi connectivity index (χ0n) is 33.9. The van der Waals surface area contributed by atoms with Crippen LogP contribution in [0, 0.1) is 17.3 Å². The highest BCUT2D eigenvalue weighted by molar-refractivity contribution is 5.96. The number of benzene rings is 2. The monoisotopic (exact) mass is 849 g/mol. The predicted molar refractivity (Wildman–Crippen MR) is 211 cm³/mol. The normalized spacial score (nSPS) is 35.7. The average molecular weight is 850 g/mol. The minimum Gasteiger partial charge on any atom is -0.458 e. The summed E-state index contributed by atoms with van der Waals surface area (Å²) in [6.07, 6.45) is -2.44. The summed E-state index contributed by atoms with van der Waals surface area (Å²) in [7, 11) is 1.58. The van der Waals surface area contributed by atoms with Crippen molar-refractivity contribution in [3.63, 3.8) is 0 Å². The molecule has 0 radical (unpaired) electrons. The molecule has 9 rings (SSSR count). The van der Waals surface area contributed by atoms with Crippen molar-refractivity contribution in [3.8, 4) is 0 Å². The molecule has 2 amide bonds. The molecule has 330 valence electrons. The van der Waals surface area contributed by atoms with Crippen LogP contribution in [0.1, 0.15) is 48.8 Å². The van der Waals surface area contributed by atoms with Gasteiger partial charge in [-0.1, -0.05) is 66.7 Å². The molecule has 12 unspecified atom stereocenters. The SMILES string of the molecule is CN(C(=O)C12CC3OC(=O)C1N(Cc1cccc(C=CCOC4OC(CO)C(O)C(O)C4O)c1)OC2C1OC(C2CC2)(C2CC2)OC31)C(Cc1ccccc1)C(=O)NCCO. The molecule has 17 nitrogen and oxygen atoms in total. The Balaban J connectivity index is 0.993. The summed E-state index contributed by atoms with van der Waals surface area (Å²) in [4.78, 5) is 52.0. The number of aliphatic hydroxyl groups is 5. The van der Waals surface area contributed by atoms with Gasteiger partial charge < -0.3 is 59.4 Å². The van der Waals surface area contributed by atoms with Gasteiger partial charge in [0.2, 0.25) is 11.8 Å². The van der Waals surface area contributed by atoms with E-state index < -0.39 is 103 Å². The number of likely N-dealkylation sites (N-methyl/N-ethyl adjacent to an activating group) is 1. The molecule has 0 spiro atoms. The van der Waals surface area contributed by atoms with Crippen LogP contribution in [0.2, 0.25) is 0 Å². The zero-order chi connectivity index (χ0) is 42.6. The fourth-order valence-electron chi connectivity index (χ4n) is 10.2. The van der Waals surface area contributed by atoms with E-state index in [9.17, 15) is 35.1 Å². The maximum absolute atomic E-state index is 15.5. The van der Waals surface area contributed by atoms with Gasteiger partial charge in [0.1, 0.15) is 60.3 Å². The topological polar surface area (TPSA) is 226 Å². The van der Waals surface area contributed by atoms with Crippen LogP contribution in [0.15, 0.2) is 60.7 Å². The second kappa shape index (κ2) is 17.0. The number of carbonyl (C=O) groups excluding carboxylic acids is 3. The van der Waals surface area contributed by atoms with Gasteiger partial charge in [0, 0.05) is 38.3 Å². The Morgan fingerprint density at radius 2 is 1.69 bits per heavy atom. The molecule has 2 aromatic carbocycles. The predicted octanol–water partition coefficient (Wildman–Crippen LogP) is -0.205. The van der Waals surface area contributed by atoms with Gasteiger partial charge in [0.05, 0.1) is 26.4 Å². The standard InChI is InChI=1S/C44H55N3O14/c1-46(29(39(53)45-16-17-48)20-25-7-3-2-4-8-25)42(55)43-21-30-35-36(60-44(59-35,27-12-13-27)28-14-15-28)38(43)61-47(37(43)40(54)57-30)22-26-10-5-9-24(19-26)11-6-18-56-41-34(52)33(51)32(50)31(23-49)58-41/h2-11,19,27-38,41,48-52H,12-18,20-23H2,1H3,(H,45,53). The number of hydrogen-bond acceptors (Lipinski definition) is 15. The second-order valence-corrected chi connectivity index (χ2v) is 17.5. The van der Waals surface area contributed by atoms with E-state index in [4.69, 9.17) is 28.5 Å². The van der Waals surface area contributed by atoms with Crippen molar-refractivity contribution in [2.24, 2.45) is 17.3 Å². The van der Waals surface area contributed by atoms with Gasteiger partial charge in [-0.25, -0.2) is 0 Å². The van der Waals surface area contributed by atoms with Crippen LogP contribution in [0.4, 0.5) is 0 Å². The molecule has 0 aromatic heterocycles. The van der Waals surface area contributed by atoms with E-state index in [2.05, 4.69) is 5.32 Å². The molecule has 17 heteroatoms. The maximum Gasteiger partial charge on any atom is 0.327 e. The second-order valence-electron chi connectivity index (χ2n) is 17.5. The largest absolute Gasteiger partial charge is 0.458 e. The van der Waals surface area contributed by atoms with Crippen LogP contribution in [-0.4, -0.2) is 160 Å². The molecule has 4 aliphatic heterocycles. The van der Waals surface area contributed by atoms with Crippen molar-refractivity contribution in [1.82, 2.24) is 15.3 Å². The van der Waals surface area contributed by atoms with E-state index in [1.54, 1.807) is 19.2 Å². The molecular weight excluding hydrogens is 794 g/mol. The van der Waals surface area contributed by atoms with Crippen molar-refractivity contribution >= 4 is 23.9 Å². The van der Waals surface area contributed by atoms with Crippen LogP contribution in [0.5, 0.6) is 0 Å². The number of rotatable bonds is 16. The number of nitrogens with one attached hydrogen (secondary N) is 1. The van der Waals surface area contributed by atoms with Gasteiger partial charge in [-0.15, -0.1) is 0 Å². The number of esters is 1. The van der Waals surface area contributed by atoms with Crippen molar-refractivity contribution < 1.29 is 68.4 Å². The molecule has 2 bridgehead atoms. The molecule has 7 aliphatic rings. The molecule has 6 N–H and O–H groups in total. The van der Waals surface area contributed by atoms with E-state index in [0.29, 0.717) is 0 Å².